The van der Waals surface area contributed by atoms with Crippen molar-refractivity contribution in [3.63, 3.8) is 0 Å². The van der Waals surface area contributed by atoms with Crippen LogP contribution in [0.5, 0.6) is 0 Å². The molecule has 9 heteroatoms. The van der Waals surface area contributed by atoms with Crippen LogP contribution in [-0.2, 0) is 9.59 Å². The first-order chi connectivity index (χ1) is 10.9. The van der Waals surface area contributed by atoms with Gasteiger partial charge < -0.3 is 15.7 Å². The van der Waals surface area contributed by atoms with Crippen molar-refractivity contribution in [1.82, 2.24) is 14.9 Å². The first-order valence-electron chi connectivity index (χ1n) is 7.13. The molecule has 1 aromatic heterocycles. The highest BCUT2D eigenvalue weighted by atomic mass is 16.4. The van der Waals surface area contributed by atoms with Crippen LogP contribution in [0.15, 0.2) is 19.0 Å². The van der Waals surface area contributed by atoms with Crippen LogP contribution in [0.2, 0.25) is 0 Å². The lowest BCUT2D eigenvalue weighted by molar-refractivity contribution is -0.616. The van der Waals surface area contributed by atoms with E-state index < -0.39 is 11.7 Å². The van der Waals surface area contributed by atoms with E-state index in [-0.39, 0.29) is 23.3 Å². The summed E-state index contributed by atoms with van der Waals surface area (Å²) in [5.74, 6) is -1.27. The Morgan fingerprint density at radius 2 is 2.26 bits per heavy atom. The standard InChI is InChI=1S/C14H18N6O3/c1-2-9(21)20-5-3-4-8(6-20)19-13-10(11(15)14(22)23)12(16)17-7-18-13/h2,7-8,15H,1,3-6H2,(H,22,23)(H3,16,17,18,19)/p+1. The Bertz CT molecular complexity index is 660. The molecule has 1 saturated heterocycles. The molecule has 0 radical (unpaired) electrons. The molecule has 1 atom stereocenters. The van der Waals surface area contributed by atoms with E-state index in [2.05, 4.69) is 16.5 Å². The Balaban J connectivity index is 2.21. The number of nitrogens with zero attached hydrogens (tertiary/aromatic N) is 3. The maximum Gasteiger partial charge on any atom is 0.354 e. The number of carbonyl (C=O) groups excluding carboxylic acids is 1. The van der Waals surface area contributed by atoms with Crippen molar-refractivity contribution in [2.45, 2.75) is 18.9 Å². The smallest absolute Gasteiger partial charge is 0.354 e. The largest absolute Gasteiger partial charge is 0.477 e. The zero-order valence-electron chi connectivity index (χ0n) is 12.5. The van der Waals surface area contributed by atoms with Gasteiger partial charge in [0.2, 0.25) is 11.7 Å². The number of carboxylic acid groups (broad SMARTS) is 1. The lowest BCUT2D eigenvalue weighted by Gasteiger charge is -2.30. The average molecular weight is 319 g/mol. The first-order valence-corrected chi connectivity index (χ1v) is 7.13. The number of piperidine rings is 1. The van der Waals surface area contributed by atoms with Gasteiger partial charge in [-0.25, -0.2) is 9.78 Å². The van der Waals surface area contributed by atoms with E-state index in [0.29, 0.717) is 18.9 Å². The molecule has 9 nitrogen and oxygen atoms in total. The fourth-order valence-electron chi connectivity index (χ4n) is 2.60. The van der Waals surface area contributed by atoms with Crippen LogP contribution >= 0.6 is 0 Å². The number of carbonyl (C=O) groups is 2. The van der Waals surface area contributed by atoms with E-state index in [9.17, 15) is 9.59 Å². The molecule has 1 aliphatic heterocycles. The van der Waals surface area contributed by atoms with E-state index in [1.807, 2.05) is 0 Å². The minimum atomic E-state index is -1.40. The van der Waals surface area contributed by atoms with Crippen LogP contribution < -0.4 is 11.1 Å². The van der Waals surface area contributed by atoms with Crippen LogP contribution in [0.4, 0.5) is 11.6 Å². The van der Waals surface area contributed by atoms with Crippen LogP contribution in [-0.4, -0.2) is 56.7 Å². The third-order valence-corrected chi connectivity index (χ3v) is 3.71. The number of hydrogen-bond acceptors (Lipinski definition) is 6. The van der Waals surface area contributed by atoms with Crippen molar-refractivity contribution >= 4 is 29.2 Å². The molecular formula is C14H19N6O3+. The van der Waals surface area contributed by atoms with E-state index in [1.54, 1.807) is 10.2 Å². The number of aromatic nitrogens is 2. The number of amides is 1. The number of nitrogen functional groups attached to an aromatic ring is 1. The summed E-state index contributed by atoms with van der Waals surface area (Å²) in [6.07, 6.45) is 4.17. The zero-order chi connectivity index (χ0) is 17.0. The third-order valence-electron chi connectivity index (χ3n) is 3.71. The highest BCUT2D eigenvalue weighted by molar-refractivity contribution is 6.43. The number of quaternary nitrogens is 1. The minimum Gasteiger partial charge on any atom is -0.477 e. The second-order valence-corrected chi connectivity index (χ2v) is 5.26. The Morgan fingerprint density at radius 1 is 1.52 bits per heavy atom. The molecular weight excluding hydrogens is 300 g/mol. The number of aliphatic carboxylic acids is 1. The van der Waals surface area contributed by atoms with Gasteiger partial charge in [0.15, 0.2) is 5.71 Å². The summed E-state index contributed by atoms with van der Waals surface area (Å²) < 4.78 is 0. The summed E-state index contributed by atoms with van der Waals surface area (Å²) in [6, 6.07) is 0.00212. The topological polar surface area (TPSA) is 150 Å². The second kappa shape index (κ2) is 6.97. The Kier molecular flexibility index (Phi) is 5.02. The third kappa shape index (κ3) is 3.69. The minimum absolute atomic E-state index is 0.00212. The van der Waals surface area contributed by atoms with E-state index in [1.165, 1.54) is 12.4 Å². The molecule has 1 aliphatic rings. The van der Waals surface area contributed by atoms with Crippen LogP contribution in [0.3, 0.4) is 0 Å². The van der Waals surface area contributed by atoms with Crippen molar-refractivity contribution in [2.75, 3.05) is 18.8 Å². The summed E-state index contributed by atoms with van der Waals surface area (Å²) in [4.78, 5) is 32.3. The molecule has 1 fully saturated rings. The average Bonchev–Trinajstić information content (AvgIpc) is 2.54. The fourth-order valence-corrected chi connectivity index (χ4v) is 2.60. The van der Waals surface area contributed by atoms with Crippen LogP contribution in [0.25, 0.3) is 0 Å². The molecule has 1 amide bonds. The number of carboxylic acids is 1. The van der Waals surface area contributed by atoms with E-state index in [0.717, 1.165) is 12.8 Å². The Labute approximate surface area is 132 Å². The predicted molar refractivity (Wildman–Crippen MR) is 82.3 cm³/mol. The van der Waals surface area contributed by atoms with Gasteiger partial charge in [0.05, 0.1) is 6.54 Å². The molecule has 1 aromatic rings. The SMILES string of the molecule is C=CC(=O)N1CCCC([NH2+]c2ncnc(N)c2C(=N)C(=O)O)C1. The number of nitrogens with one attached hydrogen (secondary N) is 1. The molecule has 2 rings (SSSR count). The van der Waals surface area contributed by atoms with Crippen molar-refractivity contribution in [1.29, 1.82) is 5.41 Å². The maximum atomic E-state index is 11.7. The number of nitrogens with two attached hydrogens (primary N) is 2. The Hall–Kier alpha value is -2.81. The van der Waals surface area contributed by atoms with Gasteiger partial charge in [-0.2, -0.15) is 4.98 Å². The van der Waals surface area contributed by atoms with Gasteiger partial charge in [0.1, 0.15) is 23.8 Å². The summed E-state index contributed by atoms with van der Waals surface area (Å²) in [6.45, 7) is 4.64. The number of rotatable bonds is 5. The molecule has 23 heavy (non-hydrogen) atoms. The molecule has 2 heterocycles. The predicted octanol–water partition coefficient (Wildman–Crippen LogP) is -1.12. The lowest BCUT2D eigenvalue weighted by atomic mass is 10.0. The monoisotopic (exact) mass is 319 g/mol. The van der Waals surface area contributed by atoms with Gasteiger partial charge >= 0.3 is 5.97 Å². The van der Waals surface area contributed by atoms with Gasteiger partial charge in [0.25, 0.3) is 0 Å². The fraction of sp³-hybridized carbons (Fsp3) is 0.357. The van der Waals surface area contributed by atoms with E-state index in [4.69, 9.17) is 16.2 Å². The van der Waals surface area contributed by atoms with Crippen LogP contribution in [0, 0.1) is 5.41 Å². The molecule has 6 N–H and O–H groups in total. The first kappa shape index (κ1) is 16.6. The van der Waals surface area contributed by atoms with Gasteiger partial charge in [-0.15, -0.1) is 0 Å². The second-order valence-electron chi connectivity index (χ2n) is 5.26. The van der Waals surface area contributed by atoms with Crippen molar-refractivity contribution in [2.24, 2.45) is 0 Å². The molecule has 1 unspecified atom stereocenters. The van der Waals surface area contributed by atoms with E-state index >= 15 is 0 Å². The van der Waals surface area contributed by atoms with Crippen molar-refractivity contribution < 1.29 is 20.0 Å². The van der Waals surface area contributed by atoms with Crippen LogP contribution in [0.1, 0.15) is 18.4 Å². The molecule has 0 bridgehead atoms. The molecule has 0 aliphatic carbocycles. The zero-order valence-corrected chi connectivity index (χ0v) is 12.5. The maximum absolute atomic E-state index is 11.7. The van der Waals surface area contributed by atoms with Crippen molar-refractivity contribution in [3.8, 4) is 0 Å². The van der Waals surface area contributed by atoms with Gasteiger partial charge in [0, 0.05) is 13.0 Å². The Morgan fingerprint density at radius 3 is 2.91 bits per heavy atom. The number of anilines is 1. The molecule has 0 saturated carbocycles. The highest BCUT2D eigenvalue weighted by Gasteiger charge is 2.29. The summed E-state index contributed by atoms with van der Waals surface area (Å²) in [5, 5.41) is 18.4. The lowest BCUT2D eigenvalue weighted by Crippen LogP contribution is -2.88. The summed E-state index contributed by atoms with van der Waals surface area (Å²) in [5.41, 5.74) is 5.07. The van der Waals surface area contributed by atoms with Gasteiger partial charge in [-0.3, -0.25) is 15.5 Å². The molecule has 0 spiro atoms. The highest BCUT2D eigenvalue weighted by Crippen LogP contribution is 2.15. The quantitative estimate of drug-likeness (QED) is 0.399. The van der Waals surface area contributed by atoms with Gasteiger partial charge in [-0.05, 0) is 12.5 Å². The van der Waals surface area contributed by atoms with Gasteiger partial charge in [-0.1, -0.05) is 6.58 Å². The number of likely N-dealkylation sites (tertiary alicyclic amines) is 1. The summed E-state index contributed by atoms with van der Waals surface area (Å²) in [7, 11) is 0. The summed E-state index contributed by atoms with van der Waals surface area (Å²) >= 11 is 0. The molecule has 0 aromatic carbocycles. The normalized spacial score (nSPS) is 17.6. The number of hydrogen-bond donors (Lipinski definition) is 4. The van der Waals surface area contributed by atoms with Crippen molar-refractivity contribution in [3.05, 3.63) is 24.5 Å². The molecule has 122 valence electrons.